The number of esters is 1. The van der Waals surface area contributed by atoms with Gasteiger partial charge in [-0.1, -0.05) is 6.58 Å². The van der Waals surface area contributed by atoms with Crippen LogP contribution in [0.25, 0.3) is 0 Å². The lowest BCUT2D eigenvalue weighted by Gasteiger charge is -2.21. The highest BCUT2D eigenvalue weighted by molar-refractivity contribution is 5.86. The average Bonchev–Trinajstić information content (AvgIpc) is 2.31. The van der Waals surface area contributed by atoms with Gasteiger partial charge in [0.05, 0.1) is 13.2 Å². The van der Waals surface area contributed by atoms with E-state index in [0.717, 1.165) is 13.1 Å². The van der Waals surface area contributed by atoms with Crippen molar-refractivity contribution in [2.45, 2.75) is 6.92 Å². The van der Waals surface area contributed by atoms with E-state index in [0.29, 0.717) is 31.9 Å². The van der Waals surface area contributed by atoms with E-state index in [1.807, 2.05) is 0 Å². The number of ether oxygens (including phenoxy) is 3. The van der Waals surface area contributed by atoms with Gasteiger partial charge in [0.15, 0.2) is 0 Å². The topological polar surface area (TPSA) is 48.0 Å². The molecule has 0 N–H and O–H groups in total. The second kappa shape index (κ2) is 10.3. The fourth-order valence-electron chi connectivity index (χ4n) is 1.17. The van der Waals surface area contributed by atoms with Crippen molar-refractivity contribution < 1.29 is 19.0 Å². The van der Waals surface area contributed by atoms with Crippen LogP contribution in [-0.2, 0) is 19.0 Å². The maximum absolute atomic E-state index is 11.2. The molecule has 0 aromatic heterocycles. The Balaban J connectivity index is 3.81. The normalized spacial score (nSPS) is 10.6. The molecule has 0 radical (unpaired) electrons. The predicted molar refractivity (Wildman–Crippen MR) is 66.0 cm³/mol. The van der Waals surface area contributed by atoms with Crippen LogP contribution in [0.1, 0.15) is 6.92 Å². The highest BCUT2D eigenvalue weighted by atomic mass is 16.5. The molecule has 0 aliphatic rings. The number of nitrogens with zero attached hydrogens (tertiary/aromatic N) is 1. The molecule has 0 saturated carbocycles. The molecular weight excluding hydrogens is 222 g/mol. The first-order valence-electron chi connectivity index (χ1n) is 5.64. The van der Waals surface area contributed by atoms with Crippen molar-refractivity contribution in [3.63, 3.8) is 0 Å². The molecule has 0 aliphatic carbocycles. The SMILES string of the molecule is C=C(C)C(=O)OCCN(CCOC)CCOC. The zero-order chi connectivity index (χ0) is 13.1. The maximum Gasteiger partial charge on any atom is 0.333 e. The summed E-state index contributed by atoms with van der Waals surface area (Å²) in [5, 5.41) is 0. The van der Waals surface area contributed by atoms with Gasteiger partial charge in [-0.3, -0.25) is 4.90 Å². The molecule has 0 bridgehead atoms. The third-order valence-electron chi connectivity index (χ3n) is 2.21. The average molecular weight is 245 g/mol. The smallest absolute Gasteiger partial charge is 0.333 e. The number of carbonyl (C=O) groups excluding carboxylic acids is 1. The van der Waals surface area contributed by atoms with Crippen molar-refractivity contribution in [1.29, 1.82) is 0 Å². The summed E-state index contributed by atoms with van der Waals surface area (Å²) in [4.78, 5) is 13.3. The molecule has 0 saturated heterocycles. The minimum absolute atomic E-state index is 0.344. The number of hydrogen-bond acceptors (Lipinski definition) is 5. The number of carbonyl (C=O) groups is 1. The fraction of sp³-hybridized carbons (Fsp3) is 0.750. The molecule has 0 rings (SSSR count). The summed E-state index contributed by atoms with van der Waals surface area (Å²) in [5.41, 5.74) is 0.422. The van der Waals surface area contributed by atoms with E-state index in [1.165, 1.54) is 0 Å². The maximum atomic E-state index is 11.2. The first-order valence-corrected chi connectivity index (χ1v) is 5.64. The van der Waals surface area contributed by atoms with Crippen LogP contribution in [0.15, 0.2) is 12.2 Å². The quantitative estimate of drug-likeness (QED) is 0.419. The van der Waals surface area contributed by atoms with Gasteiger partial charge in [-0.25, -0.2) is 4.79 Å². The number of rotatable bonds is 10. The van der Waals surface area contributed by atoms with Crippen LogP contribution < -0.4 is 0 Å². The van der Waals surface area contributed by atoms with Crippen LogP contribution in [0.4, 0.5) is 0 Å². The van der Waals surface area contributed by atoms with Crippen molar-refractivity contribution in [3.05, 3.63) is 12.2 Å². The first-order chi connectivity index (χ1) is 8.11. The van der Waals surface area contributed by atoms with E-state index < -0.39 is 0 Å². The summed E-state index contributed by atoms with van der Waals surface area (Å²) in [6, 6.07) is 0. The highest BCUT2D eigenvalue weighted by Crippen LogP contribution is 1.94. The molecule has 100 valence electrons. The Morgan fingerprint density at radius 3 is 1.94 bits per heavy atom. The van der Waals surface area contributed by atoms with Crippen molar-refractivity contribution >= 4 is 5.97 Å². The van der Waals surface area contributed by atoms with Gasteiger partial charge in [-0.2, -0.15) is 0 Å². The molecule has 0 aliphatic heterocycles. The Kier molecular flexibility index (Phi) is 9.71. The monoisotopic (exact) mass is 245 g/mol. The van der Waals surface area contributed by atoms with Gasteiger partial charge < -0.3 is 14.2 Å². The Bertz CT molecular complexity index is 223. The molecular formula is C12H23NO4. The van der Waals surface area contributed by atoms with E-state index in [2.05, 4.69) is 11.5 Å². The van der Waals surface area contributed by atoms with Gasteiger partial charge in [0, 0.05) is 39.4 Å². The zero-order valence-electron chi connectivity index (χ0n) is 11.0. The third-order valence-corrected chi connectivity index (χ3v) is 2.21. The summed E-state index contributed by atoms with van der Waals surface area (Å²) in [5.74, 6) is -0.344. The zero-order valence-corrected chi connectivity index (χ0v) is 11.0. The Hall–Kier alpha value is -0.910. The van der Waals surface area contributed by atoms with Crippen molar-refractivity contribution in [3.8, 4) is 0 Å². The lowest BCUT2D eigenvalue weighted by Crippen LogP contribution is -2.34. The lowest BCUT2D eigenvalue weighted by molar-refractivity contribution is -0.139. The molecule has 0 unspecified atom stereocenters. The van der Waals surface area contributed by atoms with E-state index in [4.69, 9.17) is 14.2 Å². The van der Waals surface area contributed by atoms with Gasteiger partial charge in [0.25, 0.3) is 0 Å². The predicted octanol–water partition coefficient (Wildman–Crippen LogP) is 0.701. The summed E-state index contributed by atoms with van der Waals surface area (Å²) in [6.07, 6.45) is 0. The molecule has 0 atom stereocenters. The molecule has 0 fully saturated rings. The Labute approximate surface area is 103 Å². The van der Waals surface area contributed by atoms with E-state index in [-0.39, 0.29) is 5.97 Å². The van der Waals surface area contributed by atoms with Gasteiger partial charge in [0.1, 0.15) is 6.61 Å². The van der Waals surface area contributed by atoms with Gasteiger partial charge >= 0.3 is 5.97 Å². The highest BCUT2D eigenvalue weighted by Gasteiger charge is 2.07. The molecule has 5 nitrogen and oxygen atoms in total. The van der Waals surface area contributed by atoms with Crippen LogP contribution in [-0.4, -0.2) is 64.5 Å². The minimum atomic E-state index is -0.344. The minimum Gasteiger partial charge on any atom is -0.461 e. The van der Waals surface area contributed by atoms with Crippen LogP contribution in [0, 0.1) is 0 Å². The second-order valence-electron chi connectivity index (χ2n) is 3.74. The molecule has 0 amide bonds. The first kappa shape index (κ1) is 16.1. The Morgan fingerprint density at radius 2 is 1.53 bits per heavy atom. The third kappa shape index (κ3) is 8.85. The molecule has 5 heteroatoms. The van der Waals surface area contributed by atoms with Crippen LogP contribution in [0.2, 0.25) is 0 Å². The lowest BCUT2D eigenvalue weighted by atomic mass is 10.4. The van der Waals surface area contributed by atoms with Crippen molar-refractivity contribution in [1.82, 2.24) is 4.90 Å². The molecule has 0 aromatic carbocycles. The fourth-order valence-corrected chi connectivity index (χ4v) is 1.17. The molecule has 0 spiro atoms. The van der Waals surface area contributed by atoms with Gasteiger partial charge in [0.2, 0.25) is 0 Å². The van der Waals surface area contributed by atoms with Gasteiger partial charge in [-0.15, -0.1) is 0 Å². The number of methoxy groups -OCH3 is 2. The van der Waals surface area contributed by atoms with Crippen LogP contribution in [0.5, 0.6) is 0 Å². The standard InChI is InChI=1S/C12H23NO4/c1-11(2)12(14)17-10-7-13(5-8-15-3)6-9-16-4/h1,5-10H2,2-4H3. The molecule has 17 heavy (non-hydrogen) atoms. The van der Waals surface area contributed by atoms with E-state index >= 15 is 0 Å². The van der Waals surface area contributed by atoms with Crippen LogP contribution in [0.3, 0.4) is 0 Å². The summed E-state index contributed by atoms with van der Waals surface area (Å²) < 4.78 is 15.1. The van der Waals surface area contributed by atoms with E-state index in [1.54, 1.807) is 21.1 Å². The van der Waals surface area contributed by atoms with Crippen molar-refractivity contribution in [2.24, 2.45) is 0 Å². The number of hydrogen-bond donors (Lipinski definition) is 0. The second-order valence-corrected chi connectivity index (χ2v) is 3.74. The molecule has 0 heterocycles. The van der Waals surface area contributed by atoms with Crippen molar-refractivity contribution in [2.75, 3.05) is 53.7 Å². The van der Waals surface area contributed by atoms with Crippen LogP contribution >= 0.6 is 0 Å². The van der Waals surface area contributed by atoms with Gasteiger partial charge in [-0.05, 0) is 6.92 Å². The summed E-state index contributed by atoms with van der Waals surface area (Å²) in [7, 11) is 3.32. The van der Waals surface area contributed by atoms with E-state index in [9.17, 15) is 4.79 Å². The largest absolute Gasteiger partial charge is 0.461 e. The summed E-state index contributed by atoms with van der Waals surface area (Å²) in [6.45, 7) is 9.09. The Morgan fingerprint density at radius 1 is 1.06 bits per heavy atom. The molecule has 0 aromatic rings. The summed E-state index contributed by atoms with van der Waals surface area (Å²) >= 11 is 0.